The number of nitrogens with zero attached hydrogens (tertiary/aromatic N) is 4. The number of aryl methyl sites for hydroxylation is 1. The van der Waals surface area contributed by atoms with Crippen molar-refractivity contribution in [3.05, 3.63) is 53.1 Å². The summed E-state index contributed by atoms with van der Waals surface area (Å²) < 4.78 is 7.64. The van der Waals surface area contributed by atoms with Gasteiger partial charge in [-0.15, -0.1) is 0 Å². The summed E-state index contributed by atoms with van der Waals surface area (Å²) in [5.74, 6) is 0. The van der Waals surface area contributed by atoms with Crippen LogP contribution in [0.1, 0.15) is 34.7 Å². The van der Waals surface area contributed by atoms with Gasteiger partial charge in [0, 0.05) is 44.3 Å². The second kappa shape index (κ2) is 9.03. The third kappa shape index (κ3) is 4.21. The van der Waals surface area contributed by atoms with Gasteiger partial charge in [0.2, 0.25) is 0 Å². The zero-order valence-corrected chi connectivity index (χ0v) is 18.3. The zero-order valence-electron chi connectivity index (χ0n) is 17.5. The van der Waals surface area contributed by atoms with Gasteiger partial charge in [0.25, 0.3) is 0 Å². The van der Waals surface area contributed by atoms with Crippen molar-refractivity contribution >= 4 is 17.3 Å². The van der Waals surface area contributed by atoms with Gasteiger partial charge in [-0.3, -0.25) is 4.98 Å². The average Bonchev–Trinajstić information content (AvgIpc) is 3.15. The number of nitrogens with one attached hydrogen (secondary N) is 1. The van der Waals surface area contributed by atoms with Crippen LogP contribution in [0.3, 0.4) is 0 Å². The summed E-state index contributed by atoms with van der Waals surface area (Å²) in [5.41, 5.74) is 4.83. The lowest BCUT2D eigenvalue weighted by molar-refractivity contribution is 0.186. The number of methoxy groups -OCH3 is 1. The van der Waals surface area contributed by atoms with Gasteiger partial charge in [0.05, 0.1) is 24.4 Å². The largest absolute Gasteiger partial charge is 0.383 e. The van der Waals surface area contributed by atoms with E-state index in [1.165, 1.54) is 17.0 Å². The summed E-state index contributed by atoms with van der Waals surface area (Å²) in [6.07, 6.45) is 1.85. The molecule has 2 aromatic rings. The van der Waals surface area contributed by atoms with Gasteiger partial charge in [0.1, 0.15) is 0 Å². The molecule has 0 aliphatic carbocycles. The number of hydrogen-bond acceptors (Lipinski definition) is 4. The topological polar surface area (TPSA) is 45.6 Å². The Morgan fingerprint density at radius 3 is 2.68 bits per heavy atom. The molecule has 28 heavy (non-hydrogen) atoms. The molecule has 1 fully saturated rings. The van der Waals surface area contributed by atoms with E-state index >= 15 is 0 Å². The molecule has 0 amide bonds. The maximum atomic E-state index is 5.74. The first-order valence-corrected chi connectivity index (χ1v) is 10.1. The molecule has 0 bridgehead atoms. The molecule has 3 rings (SSSR count). The van der Waals surface area contributed by atoms with Crippen LogP contribution in [0.25, 0.3) is 0 Å². The Morgan fingerprint density at radius 1 is 1.25 bits per heavy atom. The fourth-order valence-electron chi connectivity index (χ4n) is 3.95. The van der Waals surface area contributed by atoms with Crippen LogP contribution < -0.4 is 5.32 Å². The van der Waals surface area contributed by atoms with Crippen LogP contribution in [0, 0.1) is 13.8 Å². The first kappa shape index (κ1) is 20.8. The van der Waals surface area contributed by atoms with Crippen molar-refractivity contribution < 1.29 is 4.74 Å². The monoisotopic (exact) mass is 401 g/mol. The second-order valence-electron chi connectivity index (χ2n) is 7.59. The highest BCUT2D eigenvalue weighted by Gasteiger charge is 2.41. The predicted octanol–water partition coefficient (Wildman–Crippen LogP) is 2.68. The van der Waals surface area contributed by atoms with Crippen LogP contribution in [0.2, 0.25) is 0 Å². The lowest BCUT2D eigenvalue weighted by atomic mass is 9.97. The Kier molecular flexibility index (Phi) is 6.69. The Hall–Kier alpha value is -1.96. The van der Waals surface area contributed by atoms with Crippen LogP contribution in [0.4, 0.5) is 0 Å². The predicted molar refractivity (Wildman–Crippen MR) is 116 cm³/mol. The highest BCUT2D eigenvalue weighted by atomic mass is 32.1. The molecule has 152 valence electrons. The maximum Gasteiger partial charge on any atom is 0.170 e. The highest BCUT2D eigenvalue weighted by molar-refractivity contribution is 7.80. The van der Waals surface area contributed by atoms with E-state index in [0.717, 1.165) is 30.4 Å². The summed E-state index contributed by atoms with van der Waals surface area (Å²) in [4.78, 5) is 9.13. The third-order valence-corrected chi connectivity index (χ3v) is 5.79. The zero-order chi connectivity index (χ0) is 20.3. The second-order valence-corrected chi connectivity index (χ2v) is 7.98. The molecular formula is C21H31N5OS. The van der Waals surface area contributed by atoms with Crippen molar-refractivity contribution in [2.75, 3.05) is 40.9 Å². The fraction of sp³-hybridized carbons (Fsp3) is 0.524. The van der Waals surface area contributed by atoms with Gasteiger partial charge in [0.15, 0.2) is 5.11 Å². The van der Waals surface area contributed by atoms with Crippen molar-refractivity contribution in [2.45, 2.75) is 32.5 Å². The van der Waals surface area contributed by atoms with E-state index in [2.05, 4.69) is 64.7 Å². The molecule has 1 N–H and O–H groups in total. The van der Waals surface area contributed by atoms with Crippen molar-refractivity contribution in [3.63, 3.8) is 0 Å². The SMILES string of the molecule is COCCn1c(C)cc([C@@H]2[C@@H](c3ccccn3)NC(=S)N2CCN(C)C)c1C. The summed E-state index contributed by atoms with van der Waals surface area (Å²) >= 11 is 5.74. The number of thiocarbonyl (C=S) groups is 1. The molecular weight excluding hydrogens is 370 g/mol. The van der Waals surface area contributed by atoms with E-state index in [4.69, 9.17) is 17.0 Å². The molecule has 1 aliphatic rings. The lowest BCUT2D eigenvalue weighted by Gasteiger charge is -2.29. The van der Waals surface area contributed by atoms with E-state index in [9.17, 15) is 0 Å². The van der Waals surface area contributed by atoms with Crippen molar-refractivity contribution in [1.29, 1.82) is 0 Å². The van der Waals surface area contributed by atoms with E-state index in [-0.39, 0.29) is 12.1 Å². The minimum absolute atomic E-state index is 0.0345. The third-order valence-electron chi connectivity index (χ3n) is 5.44. The average molecular weight is 402 g/mol. The van der Waals surface area contributed by atoms with Gasteiger partial charge in [-0.25, -0.2) is 0 Å². The number of hydrogen-bond donors (Lipinski definition) is 1. The van der Waals surface area contributed by atoms with E-state index in [1.807, 2.05) is 18.3 Å². The standard InChI is InChI=1S/C21H31N5OS/c1-15-14-17(16(2)25(15)12-13-27-5)20-19(18-8-6-7-9-22-18)23-21(28)26(20)11-10-24(3)4/h6-9,14,19-20H,10-13H2,1-5H3,(H,23,28)/t19-,20-/m1/s1. The number of aromatic nitrogens is 2. The number of ether oxygens (including phenoxy) is 1. The Balaban J connectivity index is 2.01. The molecule has 0 aromatic carbocycles. The van der Waals surface area contributed by atoms with Gasteiger partial charge >= 0.3 is 0 Å². The molecule has 7 heteroatoms. The van der Waals surface area contributed by atoms with Crippen LogP contribution in [-0.4, -0.2) is 65.4 Å². The van der Waals surface area contributed by atoms with E-state index in [0.29, 0.717) is 6.61 Å². The summed E-state index contributed by atoms with van der Waals surface area (Å²) in [6.45, 7) is 7.71. The van der Waals surface area contributed by atoms with Gasteiger partial charge in [-0.2, -0.15) is 0 Å². The summed E-state index contributed by atoms with van der Waals surface area (Å²) in [5, 5.41) is 4.33. The van der Waals surface area contributed by atoms with Gasteiger partial charge in [-0.05, 0) is 63.9 Å². The van der Waals surface area contributed by atoms with Crippen molar-refractivity contribution in [1.82, 2.24) is 24.7 Å². The molecule has 0 spiro atoms. The van der Waals surface area contributed by atoms with Crippen molar-refractivity contribution in [3.8, 4) is 0 Å². The molecule has 6 nitrogen and oxygen atoms in total. The van der Waals surface area contributed by atoms with Gasteiger partial charge in [-0.1, -0.05) is 6.07 Å². The first-order chi connectivity index (χ1) is 13.4. The van der Waals surface area contributed by atoms with Crippen LogP contribution in [0.15, 0.2) is 30.5 Å². The van der Waals surface area contributed by atoms with Crippen LogP contribution >= 0.6 is 12.2 Å². The smallest absolute Gasteiger partial charge is 0.170 e. The molecule has 0 saturated carbocycles. The quantitative estimate of drug-likeness (QED) is 0.686. The lowest BCUT2D eigenvalue weighted by Crippen LogP contribution is -2.35. The van der Waals surface area contributed by atoms with Gasteiger partial charge < -0.3 is 24.4 Å². The van der Waals surface area contributed by atoms with E-state index < -0.39 is 0 Å². The molecule has 0 radical (unpaired) electrons. The minimum Gasteiger partial charge on any atom is -0.383 e. The number of likely N-dealkylation sites (N-methyl/N-ethyl adjacent to an activating group) is 1. The summed E-state index contributed by atoms with van der Waals surface area (Å²) in [7, 11) is 5.93. The normalized spacial score (nSPS) is 19.5. The Labute approximate surface area is 173 Å². The minimum atomic E-state index is 0.0345. The molecule has 2 atom stereocenters. The molecule has 2 aromatic heterocycles. The Bertz CT molecular complexity index is 805. The van der Waals surface area contributed by atoms with Crippen LogP contribution in [-0.2, 0) is 11.3 Å². The maximum absolute atomic E-state index is 5.74. The molecule has 1 aliphatic heterocycles. The molecule has 3 heterocycles. The highest BCUT2D eigenvalue weighted by Crippen LogP contribution is 2.40. The number of rotatable bonds is 8. The van der Waals surface area contributed by atoms with Crippen molar-refractivity contribution in [2.24, 2.45) is 0 Å². The fourth-order valence-corrected chi connectivity index (χ4v) is 4.28. The number of pyridine rings is 1. The first-order valence-electron chi connectivity index (χ1n) is 9.72. The van der Waals surface area contributed by atoms with Crippen LogP contribution in [0.5, 0.6) is 0 Å². The molecule has 0 unspecified atom stereocenters. The molecule has 1 saturated heterocycles. The Morgan fingerprint density at radius 2 is 2.04 bits per heavy atom. The summed E-state index contributed by atoms with van der Waals surface area (Å²) in [6, 6.07) is 8.51. The van der Waals surface area contributed by atoms with E-state index in [1.54, 1.807) is 7.11 Å².